The molecule has 0 radical (unpaired) electrons. The summed E-state index contributed by atoms with van der Waals surface area (Å²) in [5.41, 5.74) is 1.52. The van der Waals surface area contributed by atoms with Crippen molar-refractivity contribution in [3.63, 3.8) is 0 Å². The number of fused-ring (bicyclic) bond motifs is 3. The summed E-state index contributed by atoms with van der Waals surface area (Å²) in [6.07, 6.45) is -0.00472. The molecule has 4 rings (SSSR count). The quantitative estimate of drug-likeness (QED) is 0.393. The first-order valence-corrected chi connectivity index (χ1v) is 10.6. The molecule has 1 saturated carbocycles. The van der Waals surface area contributed by atoms with Crippen LogP contribution in [0.3, 0.4) is 0 Å². The third kappa shape index (κ3) is 2.71. The van der Waals surface area contributed by atoms with Crippen LogP contribution in [0, 0.1) is 5.92 Å². The highest BCUT2D eigenvalue weighted by atomic mass is 32.2. The summed E-state index contributed by atoms with van der Waals surface area (Å²) in [6.45, 7) is 0. The summed E-state index contributed by atoms with van der Waals surface area (Å²) in [6, 6.07) is 1.68. The van der Waals surface area contributed by atoms with Crippen LogP contribution in [0.5, 0.6) is 11.5 Å². The highest BCUT2D eigenvalue weighted by molar-refractivity contribution is 8.00. The number of methoxy groups -OCH3 is 1. The molecule has 1 amide bonds. The van der Waals surface area contributed by atoms with Gasteiger partial charge in [-0.15, -0.1) is 11.8 Å². The number of ether oxygens (including phenoxy) is 1. The second kappa shape index (κ2) is 7.26. The highest BCUT2D eigenvalue weighted by Gasteiger charge is 2.64. The number of hydrogen-bond acceptors (Lipinski definition) is 10. The maximum atomic E-state index is 13.6. The third-order valence-electron chi connectivity index (χ3n) is 6.29. The molecule has 1 aromatic carbocycles. The van der Waals surface area contributed by atoms with E-state index < -0.39 is 57.4 Å². The molecule has 0 saturated heterocycles. The topological polar surface area (TPSA) is 171 Å². The van der Waals surface area contributed by atoms with E-state index in [1.54, 1.807) is 14.1 Å². The molecule has 6 N–H and O–H groups in total. The molecule has 4 atom stereocenters. The van der Waals surface area contributed by atoms with Gasteiger partial charge in [0.1, 0.15) is 28.6 Å². The molecule has 11 heteroatoms. The van der Waals surface area contributed by atoms with Crippen LogP contribution in [0.4, 0.5) is 0 Å². The summed E-state index contributed by atoms with van der Waals surface area (Å²) in [5, 5.41) is 42.8. The first-order valence-electron chi connectivity index (χ1n) is 9.68. The fourth-order valence-corrected chi connectivity index (χ4v) is 6.36. The van der Waals surface area contributed by atoms with Crippen molar-refractivity contribution in [2.24, 2.45) is 11.7 Å². The van der Waals surface area contributed by atoms with Gasteiger partial charge in [0, 0.05) is 11.2 Å². The van der Waals surface area contributed by atoms with Gasteiger partial charge >= 0.3 is 0 Å². The molecule has 0 aromatic heterocycles. The molecule has 32 heavy (non-hydrogen) atoms. The number of rotatable bonds is 3. The van der Waals surface area contributed by atoms with E-state index in [0.717, 1.165) is 11.8 Å². The minimum absolute atomic E-state index is 0.00472. The van der Waals surface area contributed by atoms with Gasteiger partial charge in [-0.3, -0.25) is 19.3 Å². The SMILES string of the molecule is COc1ccc(O)c2c1SC1CC3C(N(C)C)C(=O)C(C(N)=O)=C(O)C3(O)C(=O)C1=C2O. The molecule has 1 aromatic rings. The zero-order valence-electron chi connectivity index (χ0n) is 17.4. The highest BCUT2D eigenvalue weighted by Crippen LogP contribution is 2.56. The summed E-state index contributed by atoms with van der Waals surface area (Å²) < 4.78 is 5.32. The summed E-state index contributed by atoms with van der Waals surface area (Å²) in [5.74, 6) is -5.88. The summed E-state index contributed by atoms with van der Waals surface area (Å²) in [7, 11) is 4.51. The van der Waals surface area contributed by atoms with Crippen molar-refractivity contribution in [1.82, 2.24) is 4.90 Å². The van der Waals surface area contributed by atoms with Crippen LogP contribution in [0.25, 0.3) is 5.76 Å². The fourth-order valence-electron chi connectivity index (χ4n) is 4.85. The van der Waals surface area contributed by atoms with Crippen molar-refractivity contribution in [2.45, 2.75) is 28.2 Å². The Morgan fingerprint density at radius 2 is 1.91 bits per heavy atom. The first-order chi connectivity index (χ1) is 15.0. The van der Waals surface area contributed by atoms with Gasteiger partial charge in [-0.25, -0.2) is 0 Å². The van der Waals surface area contributed by atoms with Crippen molar-refractivity contribution in [3.8, 4) is 11.5 Å². The Labute approximate surface area is 187 Å². The lowest BCUT2D eigenvalue weighted by molar-refractivity contribution is -0.151. The van der Waals surface area contributed by atoms with E-state index in [-0.39, 0.29) is 23.3 Å². The molecular weight excluding hydrogens is 440 g/mol. The van der Waals surface area contributed by atoms with E-state index in [9.17, 15) is 34.8 Å². The van der Waals surface area contributed by atoms with Crippen molar-refractivity contribution < 1.29 is 39.5 Å². The van der Waals surface area contributed by atoms with Gasteiger partial charge in [-0.1, -0.05) is 0 Å². The number of nitrogens with two attached hydrogens (primary N) is 1. The van der Waals surface area contributed by atoms with Crippen molar-refractivity contribution in [2.75, 3.05) is 21.2 Å². The number of carbonyl (C=O) groups is 3. The van der Waals surface area contributed by atoms with Gasteiger partial charge in [-0.05, 0) is 32.6 Å². The predicted molar refractivity (Wildman–Crippen MR) is 113 cm³/mol. The number of carbonyl (C=O) groups excluding carboxylic acids is 3. The number of primary amides is 1. The normalized spacial score (nSPS) is 29.6. The van der Waals surface area contributed by atoms with Gasteiger partial charge in [0.2, 0.25) is 5.78 Å². The average Bonchev–Trinajstić information content (AvgIpc) is 2.70. The molecule has 170 valence electrons. The molecule has 0 bridgehead atoms. The standard InChI is InChI=1S/C21H22N2O8S/c1-23(2)14-7-6-10-12(15(25)11-8(24)4-5-9(31-3)17(11)32-10)18(27)21(7,30)19(28)13(16(14)26)20(22)29/h4-5,7,10,14,24-25,28,30H,6H2,1-3H3,(H2,22,29). The van der Waals surface area contributed by atoms with Crippen LogP contribution in [0.15, 0.2) is 33.9 Å². The molecule has 0 spiro atoms. The van der Waals surface area contributed by atoms with Crippen LogP contribution in [0.1, 0.15) is 12.0 Å². The van der Waals surface area contributed by atoms with E-state index in [4.69, 9.17) is 10.5 Å². The number of phenolic OH excluding ortho intramolecular Hbond substituents is 1. The van der Waals surface area contributed by atoms with Gasteiger partial charge in [0.15, 0.2) is 11.4 Å². The van der Waals surface area contributed by atoms with Crippen LogP contribution >= 0.6 is 11.8 Å². The number of amides is 1. The lowest BCUT2D eigenvalue weighted by atomic mass is 9.62. The molecule has 3 aliphatic rings. The number of nitrogens with zero attached hydrogens (tertiary/aromatic N) is 1. The molecule has 10 nitrogen and oxygen atoms in total. The first kappa shape index (κ1) is 22.2. The molecule has 4 unspecified atom stereocenters. The predicted octanol–water partition coefficient (Wildman–Crippen LogP) is 0.275. The Kier molecular flexibility index (Phi) is 5.03. The van der Waals surface area contributed by atoms with Gasteiger partial charge in [0.25, 0.3) is 5.91 Å². The Bertz CT molecular complexity index is 1140. The smallest absolute Gasteiger partial charge is 0.255 e. The lowest BCUT2D eigenvalue weighted by Gasteiger charge is -2.50. The Hall–Kier alpha value is -3.02. The maximum Gasteiger partial charge on any atom is 0.255 e. The number of aliphatic hydroxyl groups is 3. The monoisotopic (exact) mass is 462 g/mol. The van der Waals surface area contributed by atoms with Crippen LogP contribution in [0.2, 0.25) is 0 Å². The number of thioether (sulfide) groups is 1. The number of phenols is 1. The largest absolute Gasteiger partial charge is 0.508 e. The summed E-state index contributed by atoms with van der Waals surface area (Å²) >= 11 is 1.14. The van der Waals surface area contributed by atoms with E-state index in [1.807, 2.05) is 0 Å². The number of Topliss-reactive ketones (excluding diaryl/α,β-unsaturated/α-hetero) is 2. The van der Waals surface area contributed by atoms with Crippen molar-refractivity contribution >= 4 is 35.0 Å². The van der Waals surface area contributed by atoms with Gasteiger partial charge in [-0.2, -0.15) is 0 Å². The molecule has 1 fully saturated rings. The summed E-state index contributed by atoms with van der Waals surface area (Å²) in [4.78, 5) is 40.3. The number of hydrogen-bond donors (Lipinski definition) is 5. The zero-order valence-corrected chi connectivity index (χ0v) is 18.3. The maximum absolute atomic E-state index is 13.6. The zero-order chi connectivity index (χ0) is 23.7. The second-order valence-electron chi connectivity index (χ2n) is 8.16. The Balaban J connectivity index is 1.99. The molecular formula is C21H22N2O8S. The van der Waals surface area contributed by atoms with E-state index >= 15 is 0 Å². The van der Waals surface area contributed by atoms with Crippen LogP contribution < -0.4 is 10.5 Å². The average molecular weight is 462 g/mol. The number of aliphatic hydroxyl groups excluding tert-OH is 2. The number of benzene rings is 1. The van der Waals surface area contributed by atoms with E-state index in [1.165, 1.54) is 24.1 Å². The van der Waals surface area contributed by atoms with Gasteiger partial charge < -0.3 is 30.9 Å². The van der Waals surface area contributed by atoms with Crippen LogP contribution in [-0.4, -0.2) is 80.9 Å². The fraction of sp³-hybridized carbons (Fsp3) is 0.381. The minimum Gasteiger partial charge on any atom is -0.508 e. The number of ketones is 2. The van der Waals surface area contributed by atoms with Gasteiger partial charge in [0.05, 0.1) is 29.2 Å². The Morgan fingerprint density at radius 1 is 1.25 bits per heavy atom. The minimum atomic E-state index is -2.65. The molecule has 2 aliphatic carbocycles. The van der Waals surface area contributed by atoms with Crippen molar-refractivity contribution in [3.05, 3.63) is 34.6 Å². The molecule has 1 aliphatic heterocycles. The second-order valence-corrected chi connectivity index (χ2v) is 9.37. The van der Waals surface area contributed by atoms with Crippen LogP contribution in [-0.2, 0) is 14.4 Å². The van der Waals surface area contributed by atoms with Crippen molar-refractivity contribution in [1.29, 1.82) is 0 Å². The van der Waals surface area contributed by atoms with E-state index in [2.05, 4.69) is 0 Å². The lowest BCUT2D eigenvalue weighted by Crippen LogP contribution is -2.66. The third-order valence-corrected chi connectivity index (χ3v) is 7.64. The molecule has 1 heterocycles. The Morgan fingerprint density at radius 3 is 2.47 bits per heavy atom. The number of likely N-dealkylation sites (N-methyl/N-ethyl adjacent to an activating group) is 1. The number of aromatic hydroxyl groups is 1. The van der Waals surface area contributed by atoms with E-state index in [0.29, 0.717) is 10.6 Å².